The van der Waals surface area contributed by atoms with Gasteiger partial charge in [-0.2, -0.15) is 0 Å². The van der Waals surface area contributed by atoms with E-state index in [2.05, 4.69) is 18.8 Å². The molecule has 0 aliphatic carbocycles. The van der Waals surface area contributed by atoms with Crippen LogP contribution in [-0.2, 0) is 0 Å². The van der Waals surface area contributed by atoms with E-state index < -0.39 is 0 Å². The van der Waals surface area contributed by atoms with Crippen molar-refractivity contribution >= 4 is 11.6 Å². The fourth-order valence-corrected chi connectivity index (χ4v) is 1.33. The molecule has 0 aromatic heterocycles. The van der Waals surface area contributed by atoms with Gasteiger partial charge in [0, 0.05) is 25.3 Å². The Labute approximate surface area is 103 Å². The number of methoxy groups -OCH3 is 1. The first kappa shape index (κ1) is 13.4. The molecule has 0 amide bonds. The lowest BCUT2D eigenvalue weighted by Gasteiger charge is -2.19. The van der Waals surface area contributed by atoms with Crippen molar-refractivity contribution in [3.63, 3.8) is 0 Å². The van der Waals surface area contributed by atoms with E-state index in [1.165, 1.54) is 0 Å². The number of nitrogens with two attached hydrogens (primary N) is 1. The van der Waals surface area contributed by atoms with Crippen LogP contribution in [0.5, 0.6) is 5.75 Å². The Balaban J connectivity index is 2.80. The maximum atomic E-state index is 5.92. The van der Waals surface area contributed by atoms with Crippen molar-refractivity contribution in [3.8, 4) is 5.75 Å². The predicted octanol–water partition coefficient (Wildman–Crippen LogP) is 2.10. The van der Waals surface area contributed by atoms with Crippen LogP contribution in [0.3, 0.4) is 0 Å². The standard InChI is InChI=1S/C13H21N3O/c1-10(2)9-15-13(14)16(3)11-6-5-7-12(8-11)17-4/h5-8,10H,9H2,1-4H3,(H2,14,15). The summed E-state index contributed by atoms with van der Waals surface area (Å²) in [6, 6.07) is 7.73. The van der Waals surface area contributed by atoms with Gasteiger partial charge in [-0.15, -0.1) is 0 Å². The van der Waals surface area contributed by atoms with Crippen LogP contribution in [-0.4, -0.2) is 26.7 Å². The van der Waals surface area contributed by atoms with E-state index in [1.54, 1.807) is 7.11 Å². The van der Waals surface area contributed by atoms with Gasteiger partial charge in [0.25, 0.3) is 0 Å². The van der Waals surface area contributed by atoms with Crippen molar-refractivity contribution in [2.75, 3.05) is 25.6 Å². The second-order valence-corrected chi connectivity index (χ2v) is 4.35. The van der Waals surface area contributed by atoms with Gasteiger partial charge < -0.3 is 15.4 Å². The van der Waals surface area contributed by atoms with Gasteiger partial charge in [-0.1, -0.05) is 19.9 Å². The summed E-state index contributed by atoms with van der Waals surface area (Å²) in [5.41, 5.74) is 6.89. The molecule has 0 aliphatic rings. The molecule has 0 aliphatic heterocycles. The number of hydrogen-bond donors (Lipinski definition) is 1. The molecule has 1 aromatic rings. The molecule has 0 bridgehead atoms. The van der Waals surface area contributed by atoms with Crippen molar-refractivity contribution in [3.05, 3.63) is 24.3 Å². The fourth-order valence-electron chi connectivity index (χ4n) is 1.33. The maximum Gasteiger partial charge on any atom is 0.195 e. The SMILES string of the molecule is COc1cccc(N(C)C(N)=NCC(C)C)c1. The van der Waals surface area contributed by atoms with Crippen LogP contribution in [0.1, 0.15) is 13.8 Å². The molecule has 4 nitrogen and oxygen atoms in total. The Morgan fingerprint density at radius 2 is 2.18 bits per heavy atom. The lowest BCUT2D eigenvalue weighted by Crippen LogP contribution is -2.34. The third-order valence-corrected chi connectivity index (χ3v) is 2.40. The van der Waals surface area contributed by atoms with E-state index in [0.29, 0.717) is 11.9 Å². The Hall–Kier alpha value is -1.71. The molecule has 0 heterocycles. The largest absolute Gasteiger partial charge is 0.497 e. The normalized spacial score (nSPS) is 11.7. The second-order valence-electron chi connectivity index (χ2n) is 4.35. The number of anilines is 1. The van der Waals surface area contributed by atoms with Crippen LogP contribution in [0, 0.1) is 5.92 Å². The number of guanidine groups is 1. The summed E-state index contributed by atoms with van der Waals surface area (Å²) in [6.45, 7) is 4.96. The van der Waals surface area contributed by atoms with Crippen LogP contribution in [0.2, 0.25) is 0 Å². The monoisotopic (exact) mass is 235 g/mol. The highest BCUT2D eigenvalue weighted by molar-refractivity contribution is 5.94. The van der Waals surface area contributed by atoms with Gasteiger partial charge in [0.1, 0.15) is 5.75 Å². The summed E-state index contributed by atoms with van der Waals surface area (Å²) < 4.78 is 5.18. The number of nitrogens with zero attached hydrogens (tertiary/aromatic N) is 2. The summed E-state index contributed by atoms with van der Waals surface area (Å²) >= 11 is 0. The smallest absolute Gasteiger partial charge is 0.195 e. The zero-order valence-electron chi connectivity index (χ0n) is 11.0. The highest BCUT2D eigenvalue weighted by Gasteiger charge is 2.06. The highest BCUT2D eigenvalue weighted by atomic mass is 16.5. The van der Waals surface area contributed by atoms with Crippen LogP contribution >= 0.6 is 0 Å². The zero-order valence-corrected chi connectivity index (χ0v) is 11.0. The van der Waals surface area contributed by atoms with Gasteiger partial charge in [-0.3, -0.25) is 4.99 Å². The zero-order chi connectivity index (χ0) is 12.8. The molecule has 0 spiro atoms. The lowest BCUT2D eigenvalue weighted by atomic mass is 10.2. The molecule has 0 saturated heterocycles. The average molecular weight is 235 g/mol. The molecule has 2 N–H and O–H groups in total. The summed E-state index contributed by atoms with van der Waals surface area (Å²) in [5, 5.41) is 0. The number of hydrogen-bond acceptors (Lipinski definition) is 2. The fraction of sp³-hybridized carbons (Fsp3) is 0.462. The van der Waals surface area contributed by atoms with Crippen molar-refractivity contribution in [1.29, 1.82) is 0 Å². The minimum atomic E-state index is 0.507. The Morgan fingerprint density at radius 3 is 2.76 bits per heavy atom. The number of aliphatic imine (C=N–C) groups is 1. The van der Waals surface area contributed by atoms with Gasteiger partial charge in [0.15, 0.2) is 5.96 Å². The van der Waals surface area contributed by atoms with E-state index in [0.717, 1.165) is 18.0 Å². The summed E-state index contributed by atoms with van der Waals surface area (Å²) in [6.07, 6.45) is 0. The molecule has 0 unspecified atom stereocenters. The summed E-state index contributed by atoms with van der Waals surface area (Å²) in [4.78, 5) is 6.19. The van der Waals surface area contributed by atoms with Crippen molar-refractivity contribution < 1.29 is 4.74 Å². The Kier molecular flexibility index (Phi) is 4.82. The van der Waals surface area contributed by atoms with Gasteiger partial charge in [-0.25, -0.2) is 0 Å². The Bertz CT molecular complexity index is 388. The Morgan fingerprint density at radius 1 is 1.47 bits per heavy atom. The predicted molar refractivity (Wildman–Crippen MR) is 72.7 cm³/mol. The first-order chi connectivity index (χ1) is 8.04. The van der Waals surface area contributed by atoms with E-state index in [1.807, 2.05) is 36.2 Å². The van der Waals surface area contributed by atoms with Crippen molar-refractivity contribution in [2.45, 2.75) is 13.8 Å². The molecule has 1 rings (SSSR count). The lowest BCUT2D eigenvalue weighted by molar-refractivity contribution is 0.415. The maximum absolute atomic E-state index is 5.92. The summed E-state index contributed by atoms with van der Waals surface area (Å²) in [7, 11) is 3.54. The molecule has 4 heteroatoms. The summed E-state index contributed by atoms with van der Waals surface area (Å²) in [5.74, 6) is 1.84. The van der Waals surface area contributed by atoms with Gasteiger partial charge in [0.05, 0.1) is 7.11 Å². The average Bonchev–Trinajstić information content (AvgIpc) is 2.35. The van der Waals surface area contributed by atoms with Crippen LogP contribution in [0.4, 0.5) is 5.69 Å². The van der Waals surface area contributed by atoms with Gasteiger partial charge >= 0.3 is 0 Å². The third kappa shape index (κ3) is 3.98. The molecule has 0 atom stereocenters. The first-order valence-corrected chi connectivity index (χ1v) is 5.72. The van der Waals surface area contributed by atoms with Crippen molar-refractivity contribution in [2.24, 2.45) is 16.6 Å². The first-order valence-electron chi connectivity index (χ1n) is 5.72. The quantitative estimate of drug-likeness (QED) is 0.642. The molecular formula is C13H21N3O. The number of benzene rings is 1. The van der Waals surface area contributed by atoms with E-state index >= 15 is 0 Å². The molecule has 0 saturated carbocycles. The molecule has 0 radical (unpaired) electrons. The molecule has 0 fully saturated rings. The second kappa shape index (κ2) is 6.13. The number of ether oxygens (including phenoxy) is 1. The third-order valence-electron chi connectivity index (χ3n) is 2.40. The molecule has 94 valence electrons. The highest BCUT2D eigenvalue weighted by Crippen LogP contribution is 2.19. The van der Waals surface area contributed by atoms with Crippen LogP contribution < -0.4 is 15.4 Å². The van der Waals surface area contributed by atoms with Gasteiger partial charge in [-0.05, 0) is 18.1 Å². The van der Waals surface area contributed by atoms with Crippen molar-refractivity contribution in [1.82, 2.24) is 0 Å². The van der Waals surface area contributed by atoms with E-state index in [9.17, 15) is 0 Å². The molecule has 17 heavy (non-hydrogen) atoms. The molecule has 1 aromatic carbocycles. The van der Waals surface area contributed by atoms with Crippen LogP contribution in [0.15, 0.2) is 29.3 Å². The van der Waals surface area contributed by atoms with E-state index in [4.69, 9.17) is 10.5 Å². The topological polar surface area (TPSA) is 50.9 Å². The van der Waals surface area contributed by atoms with Gasteiger partial charge in [0.2, 0.25) is 0 Å². The van der Waals surface area contributed by atoms with Crippen LogP contribution in [0.25, 0.3) is 0 Å². The molecular weight excluding hydrogens is 214 g/mol. The minimum absolute atomic E-state index is 0.507. The van der Waals surface area contributed by atoms with E-state index in [-0.39, 0.29) is 0 Å². The number of rotatable bonds is 4. The minimum Gasteiger partial charge on any atom is -0.497 e.